The zero-order valence-electron chi connectivity index (χ0n) is 16.9. The van der Waals surface area contributed by atoms with E-state index in [2.05, 4.69) is 11.9 Å². The van der Waals surface area contributed by atoms with E-state index in [4.69, 9.17) is 4.42 Å². The summed E-state index contributed by atoms with van der Waals surface area (Å²) in [6, 6.07) is 8.12. The summed E-state index contributed by atoms with van der Waals surface area (Å²) in [6.07, 6.45) is 13.8. The molecule has 1 aliphatic carbocycles. The first-order valence-corrected chi connectivity index (χ1v) is 10.7. The number of aromatic nitrogens is 1. The fourth-order valence-electron chi connectivity index (χ4n) is 3.69. The van der Waals surface area contributed by atoms with Crippen LogP contribution in [0.1, 0.15) is 76.7 Å². The van der Waals surface area contributed by atoms with Crippen LogP contribution in [0.15, 0.2) is 39.5 Å². The molecule has 1 aliphatic heterocycles. The van der Waals surface area contributed by atoms with Crippen LogP contribution in [0.4, 0.5) is 0 Å². The Bertz CT molecular complexity index is 915. The standard InChI is InChI=1S/C24H31NO3/c1-2-3-4-5-6-7-8-9-10-11-12-18-15-21-24(17-22(18)27)28-23-16-19(26)13-14-20(23)25-21/h13-17,27H,2-12H2,1H3. The van der Waals surface area contributed by atoms with E-state index >= 15 is 0 Å². The van der Waals surface area contributed by atoms with Crippen molar-refractivity contribution in [3.8, 4) is 17.2 Å². The van der Waals surface area contributed by atoms with E-state index in [9.17, 15) is 9.90 Å². The lowest BCUT2D eigenvalue weighted by atomic mass is 10.0. The van der Waals surface area contributed by atoms with Crippen LogP contribution in [0.5, 0.6) is 5.75 Å². The summed E-state index contributed by atoms with van der Waals surface area (Å²) in [7, 11) is 0. The van der Waals surface area contributed by atoms with Gasteiger partial charge in [0.05, 0.1) is 0 Å². The van der Waals surface area contributed by atoms with E-state index in [0.29, 0.717) is 22.6 Å². The number of benzene rings is 2. The molecule has 150 valence electrons. The second-order valence-electron chi connectivity index (χ2n) is 7.72. The summed E-state index contributed by atoms with van der Waals surface area (Å²) in [4.78, 5) is 16.1. The van der Waals surface area contributed by atoms with E-state index in [0.717, 1.165) is 18.4 Å². The summed E-state index contributed by atoms with van der Waals surface area (Å²) in [5.74, 6) is 0.688. The lowest BCUT2D eigenvalue weighted by Gasteiger charge is -2.09. The Morgan fingerprint density at radius 3 is 2.29 bits per heavy atom. The van der Waals surface area contributed by atoms with Gasteiger partial charge in [-0.3, -0.25) is 4.79 Å². The van der Waals surface area contributed by atoms with Gasteiger partial charge in [-0.15, -0.1) is 0 Å². The van der Waals surface area contributed by atoms with Gasteiger partial charge >= 0.3 is 0 Å². The minimum Gasteiger partial charge on any atom is -0.508 e. The number of phenolic OH excluding ortho intramolecular Hbond substituents is 1. The fourth-order valence-corrected chi connectivity index (χ4v) is 3.69. The van der Waals surface area contributed by atoms with Gasteiger partial charge < -0.3 is 9.52 Å². The van der Waals surface area contributed by atoms with E-state index in [1.54, 1.807) is 12.1 Å². The zero-order valence-corrected chi connectivity index (χ0v) is 16.9. The summed E-state index contributed by atoms with van der Waals surface area (Å²) in [5.41, 5.74) is 2.67. The highest BCUT2D eigenvalue weighted by molar-refractivity contribution is 5.78. The second-order valence-corrected chi connectivity index (χ2v) is 7.72. The molecule has 28 heavy (non-hydrogen) atoms. The summed E-state index contributed by atoms with van der Waals surface area (Å²) in [5, 5.41) is 10.3. The molecule has 1 heterocycles. The SMILES string of the molecule is CCCCCCCCCCCCc1cc2nc3ccc(=O)cc-3oc2cc1O. The maximum Gasteiger partial charge on any atom is 0.182 e. The summed E-state index contributed by atoms with van der Waals surface area (Å²) in [6.45, 7) is 2.25. The molecule has 0 unspecified atom stereocenters. The molecule has 4 heteroatoms. The monoisotopic (exact) mass is 381 g/mol. The van der Waals surface area contributed by atoms with Crippen LogP contribution in [-0.4, -0.2) is 10.1 Å². The van der Waals surface area contributed by atoms with Crippen molar-refractivity contribution in [3.05, 3.63) is 46.1 Å². The van der Waals surface area contributed by atoms with Crippen molar-refractivity contribution >= 4 is 11.1 Å². The van der Waals surface area contributed by atoms with Crippen LogP contribution in [-0.2, 0) is 6.42 Å². The number of aryl methyl sites for hydroxylation is 1. The normalized spacial score (nSPS) is 11.5. The predicted molar refractivity (Wildman–Crippen MR) is 114 cm³/mol. The molecule has 0 fully saturated rings. The third-order valence-electron chi connectivity index (χ3n) is 5.35. The van der Waals surface area contributed by atoms with Crippen molar-refractivity contribution in [1.82, 2.24) is 4.98 Å². The number of phenols is 1. The lowest BCUT2D eigenvalue weighted by Crippen LogP contribution is -1.99. The van der Waals surface area contributed by atoms with E-state index in [1.807, 2.05) is 6.07 Å². The maximum absolute atomic E-state index is 11.5. The highest BCUT2D eigenvalue weighted by Gasteiger charge is 2.12. The molecule has 0 radical (unpaired) electrons. The molecule has 0 amide bonds. The van der Waals surface area contributed by atoms with E-state index in [1.165, 1.54) is 69.9 Å². The highest BCUT2D eigenvalue weighted by Crippen LogP contribution is 2.29. The van der Waals surface area contributed by atoms with Gasteiger partial charge in [-0.1, -0.05) is 64.7 Å². The van der Waals surface area contributed by atoms with Crippen molar-refractivity contribution < 1.29 is 9.52 Å². The molecule has 0 saturated carbocycles. The third kappa shape index (κ3) is 5.57. The molecule has 0 aromatic heterocycles. The van der Waals surface area contributed by atoms with Gasteiger partial charge in [0.1, 0.15) is 17.0 Å². The Morgan fingerprint density at radius 2 is 1.57 bits per heavy atom. The molecule has 1 aromatic carbocycles. The molecule has 0 spiro atoms. The average molecular weight is 382 g/mol. The van der Waals surface area contributed by atoms with Crippen molar-refractivity contribution in [2.24, 2.45) is 0 Å². The van der Waals surface area contributed by atoms with Gasteiger partial charge in [0.15, 0.2) is 16.8 Å². The first-order valence-electron chi connectivity index (χ1n) is 10.7. The minimum atomic E-state index is -0.112. The van der Waals surface area contributed by atoms with Crippen LogP contribution in [0.25, 0.3) is 22.6 Å². The van der Waals surface area contributed by atoms with Crippen LogP contribution in [0.3, 0.4) is 0 Å². The minimum absolute atomic E-state index is 0.112. The van der Waals surface area contributed by atoms with Gasteiger partial charge in [-0.25, -0.2) is 4.98 Å². The van der Waals surface area contributed by atoms with Crippen LogP contribution >= 0.6 is 0 Å². The molecule has 1 N–H and O–H groups in total. The Morgan fingerprint density at radius 1 is 0.893 bits per heavy atom. The largest absolute Gasteiger partial charge is 0.508 e. The van der Waals surface area contributed by atoms with Crippen LogP contribution < -0.4 is 5.43 Å². The van der Waals surface area contributed by atoms with Gasteiger partial charge in [-0.2, -0.15) is 0 Å². The van der Waals surface area contributed by atoms with Gasteiger partial charge in [-0.05, 0) is 36.6 Å². The maximum atomic E-state index is 11.5. The molecular formula is C24H31NO3. The molecule has 3 rings (SSSR count). The van der Waals surface area contributed by atoms with Gasteiger partial charge in [0, 0.05) is 12.1 Å². The molecule has 0 atom stereocenters. The first kappa shape index (κ1) is 20.4. The summed E-state index contributed by atoms with van der Waals surface area (Å²) < 4.78 is 5.75. The third-order valence-corrected chi connectivity index (χ3v) is 5.35. The first-order chi connectivity index (χ1) is 13.7. The van der Waals surface area contributed by atoms with Crippen LogP contribution in [0, 0.1) is 0 Å². The lowest BCUT2D eigenvalue weighted by molar-refractivity contribution is 0.464. The number of nitrogens with zero attached hydrogens (tertiary/aromatic N) is 1. The smallest absolute Gasteiger partial charge is 0.182 e. The Balaban J connectivity index is 1.50. The molecule has 4 nitrogen and oxygen atoms in total. The number of unbranched alkanes of at least 4 members (excludes halogenated alkanes) is 9. The summed E-state index contributed by atoms with van der Waals surface area (Å²) >= 11 is 0. The number of fused-ring (bicyclic) bond motifs is 2. The van der Waals surface area contributed by atoms with Crippen molar-refractivity contribution in [3.63, 3.8) is 0 Å². The van der Waals surface area contributed by atoms with E-state index < -0.39 is 0 Å². The van der Waals surface area contributed by atoms with E-state index in [-0.39, 0.29) is 11.2 Å². The molecule has 0 bridgehead atoms. The average Bonchev–Trinajstić information content (AvgIpc) is 2.68. The fraction of sp³-hybridized carbons (Fsp3) is 0.500. The quantitative estimate of drug-likeness (QED) is 0.306. The number of hydrogen-bond donors (Lipinski definition) is 1. The number of hydrogen-bond acceptors (Lipinski definition) is 4. The highest BCUT2D eigenvalue weighted by atomic mass is 16.3. The van der Waals surface area contributed by atoms with Crippen molar-refractivity contribution in [2.45, 2.75) is 77.6 Å². The molecule has 2 aliphatic rings. The van der Waals surface area contributed by atoms with Gasteiger partial charge in [0.2, 0.25) is 0 Å². The molecule has 1 aromatic rings. The number of rotatable bonds is 11. The Hall–Kier alpha value is -2.36. The topological polar surface area (TPSA) is 63.3 Å². The zero-order chi connectivity index (χ0) is 19.8. The van der Waals surface area contributed by atoms with Crippen LogP contribution in [0.2, 0.25) is 0 Å². The van der Waals surface area contributed by atoms with Crippen molar-refractivity contribution in [2.75, 3.05) is 0 Å². The Kier molecular flexibility index (Phi) is 7.46. The number of aromatic hydroxyl groups is 1. The molecular weight excluding hydrogens is 350 g/mol. The second kappa shape index (κ2) is 10.3. The van der Waals surface area contributed by atoms with Crippen molar-refractivity contribution in [1.29, 1.82) is 0 Å². The molecule has 0 saturated heterocycles. The Labute approximate surface area is 167 Å². The predicted octanol–water partition coefficient (Wildman–Crippen LogP) is 6.46. The van der Waals surface area contributed by atoms with Gasteiger partial charge in [0.25, 0.3) is 0 Å².